The SMILES string of the molecule is O=C(CCNS(=O)(=O)c1ccccc1)Nc1ccc(F)c(F)c1. The number of sulfonamides is 1. The van der Waals surface area contributed by atoms with Gasteiger partial charge in [-0.2, -0.15) is 0 Å². The molecule has 2 aromatic rings. The maximum atomic E-state index is 13.0. The molecule has 0 radical (unpaired) electrons. The number of carbonyl (C=O) groups excluding carboxylic acids is 1. The van der Waals surface area contributed by atoms with Gasteiger partial charge in [-0.3, -0.25) is 4.79 Å². The van der Waals surface area contributed by atoms with Crippen LogP contribution in [0.2, 0.25) is 0 Å². The standard InChI is InChI=1S/C15H14F2N2O3S/c16-13-7-6-11(10-14(13)17)19-15(20)8-9-18-23(21,22)12-4-2-1-3-5-12/h1-7,10,18H,8-9H2,(H,19,20). The van der Waals surface area contributed by atoms with E-state index in [1.165, 1.54) is 18.2 Å². The van der Waals surface area contributed by atoms with Gasteiger partial charge in [0.25, 0.3) is 0 Å². The summed E-state index contributed by atoms with van der Waals surface area (Å²) in [5.41, 5.74) is 0.0971. The van der Waals surface area contributed by atoms with E-state index in [1.807, 2.05) is 0 Å². The van der Waals surface area contributed by atoms with Crippen LogP contribution < -0.4 is 10.0 Å². The van der Waals surface area contributed by atoms with E-state index in [1.54, 1.807) is 18.2 Å². The highest BCUT2D eigenvalue weighted by atomic mass is 32.2. The van der Waals surface area contributed by atoms with Gasteiger partial charge in [-0.1, -0.05) is 18.2 Å². The first-order valence-corrected chi connectivity index (χ1v) is 8.16. The smallest absolute Gasteiger partial charge is 0.240 e. The minimum Gasteiger partial charge on any atom is -0.326 e. The average Bonchev–Trinajstić information content (AvgIpc) is 2.52. The summed E-state index contributed by atoms with van der Waals surface area (Å²) >= 11 is 0. The van der Waals surface area contributed by atoms with Crippen molar-refractivity contribution in [3.63, 3.8) is 0 Å². The van der Waals surface area contributed by atoms with Gasteiger partial charge in [0, 0.05) is 24.7 Å². The van der Waals surface area contributed by atoms with Crippen LogP contribution in [0, 0.1) is 11.6 Å². The second-order valence-corrected chi connectivity index (χ2v) is 6.40. The van der Waals surface area contributed by atoms with Crippen molar-refractivity contribution < 1.29 is 22.0 Å². The van der Waals surface area contributed by atoms with Gasteiger partial charge in [-0.15, -0.1) is 0 Å². The van der Waals surface area contributed by atoms with Crippen LogP contribution in [0.4, 0.5) is 14.5 Å². The predicted molar refractivity (Wildman–Crippen MR) is 81.2 cm³/mol. The Bertz CT molecular complexity index is 796. The van der Waals surface area contributed by atoms with Gasteiger partial charge in [-0.25, -0.2) is 21.9 Å². The van der Waals surface area contributed by atoms with E-state index in [-0.39, 0.29) is 23.5 Å². The molecule has 0 saturated carbocycles. The number of nitrogens with one attached hydrogen (secondary N) is 2. The van der Waals surface area contributed by atoms with E-state index in [0.717, 1.165) is 12.1 Å². The molecule has 0 heterocycles. The normalized spacial score (nSPS) is 11.2. The van der Waals surface area contributed by atoms with Gasteiger partial charge in [0.2, 0.25) is 15.9 Å². The molecule has 23 heavy (non-hydrogen) atoms. The maximum Gasteiger partial charge on any atom is 0.240 e. The van der Waals surface area contributed by atoms with Crippen molar-refractivity contribution in [2.75, 3.05) is 11.9 Å². The number of rotatable bonds is 6. The van der Waals surface area contributed by atoms with Gasteiger partial charge in [-0.05, 0) is 24.3 Å². The van der Waals surface area contributed by atoms with Crippen LogP contribution in [0.15, 0.2) is 53.4 Å². The highest BCUT2D eigenvalue weighted by molar-refractivity contribution is 7.89. The van der Waals surface area contributed by atoms with Crippen LogP contribution in [0.25, 0.3) is 0 Å². The molecule has 0 aliphatic heterocycles. The molecule has 0 saturated heterocycles. The van der Waals surface area contributed by atoms with Crippen LogP contribution in [-0.2, 0) is 14.8 Å². The lowest BCUT2D eigenvalue weighted by Crippen LogP contribution is -2.27. The number of hydrogen-bond donors (Lipinski definition) is 2. The van der Waals surface area contributed by atoms with Crippen LogP contribution in [0.1, 0.15) is 6.42 Å². The van der Waals surface area contributed by atoms with Gasteiger partial charge in [0.15, 0.2) is 11.6 Å². The zero-order valence-electron chi connectivity index (χ0n) is 11.9. The third-order valence-corrected chi connectivity index (χ3v) is 4.38. The lowest BCUT2D eigenvalue weighted by molar-refractivity contribution is -0.116. The van der Waals surface area contributed by atoms with Crippen LogP contribution in [0.5, 0.6) is 0 Å². The number of halogens is 2. The van der Waals surface area contributed by atoms with Gasteiger partial charge in [0.05, 0.1) is 4.90 Å². The van der Waals surface area contributed by atoms with Crippen LogP contribution in [0.3, 0.4) is 0 Å². The summed E-state index contributed by atoms with van der Waals surface area (Å²) < 4.78 is 51.9. The fraction of sp³-hybridized carbons (Fsp3) is 0.133. The number of amides is 1. The molecular formula is C15H14F2N2O3S. The van der Waals surface area contributed by atoms with Gasteiger partial charge < -0.3 is 5.32 Å². The number of carbonyl (C=O) groups is 1. The zero-order valence-corrected chi connectivity index (χ0v) is 12.7. The summed E-state index contributed by atoms with van der Waals surface area (Å²) in [6, 6.07) is 10.7. The third kappa shape index (κ3) is 4.83. The summed E-state index contributed by atoms with van der Waals surface area (Å²) in [6.45, 7) is -0.118. The molecule has 0 aliphatic carbocycles. The van der Waals surface area contributed by atoms with E-state index in [4.69, 9.17) is 0 Å². The highest BCUT2D eigenvalue weighted by Gasteiger charge is 2.13. The topological polar surface area (TPSA) is 75.3 Å². The minimum absolute atomic E-state index is 0.0971. The Balaban J connectivity index is 1.86. The molecule has 2 N–H and O–H groups in total. The number of anilines is 1. The molecule has 0 fully saturated rings. The zero-order chi connectivity index (χ0) is 16.9. The fourth-order valence-electron chi connectivity index (χ4n) is 1.78. The van der Waals surface area contributed by atoms with E-state index in [0.29, 0.717) is 0 Å². The number of hydrogen-bond acceptors (Lipinski definition) is 3. The Kier molecular flexibility index (Phi) is 5.41. The molecule has 0 aliphatic rings. The Morgan fingerprint density at radius 3 is 2.35 bits per heavy atom. The van der Waals surface area contributed by atoms with E-state index >= 15 is 0 Å². The van der Waals surface area contributed by atoms with E-state index in [2.05, 4.69) is 10.0 Å². The largest absolute Gasteiger partial charge is 0.326 e. The Morgan fingerprint density at radius 1 is 1.00 bits per heavy atom. The van der Waals surface area contributed by atoms with Crippen molar-refractivity contribution >= 4 is 21.6 Å². The third-order valence-electron chi connectivity index (χ3n) is 2.90. The minimum atomic E-state index is -3.68. The molecule has 0 unspecified atom stereocenters. The van der Waals surface area contributed by atoms with Crippen molar-refractivity contribution in [2.24, 2.45) is 0 Å². The van der Waals surface area contributed by atoms with Crippen LogP contribution >= 0.6 is 0 Å². The molecule has 8 heteroatoms. The monoisotopic (exact) mass is 340 g/mol. The Hall–Kier alpha value is -2.32. The summed E-state index contributed by atoms with van der Waals surface area (Å²) in [6.07, 6.45) is -0.148. The van der Waals surface area contributed by atoms with Gasteiger partial charge in [0.1, 0.15) is 0 Å². The molecule has 2 aromatic carbocycles. The molecule has 0 bridgehead atoms. The first kappa shape index (κ1) is 17.0. The first-order valence-electron chi connectivity index (χ1n) is 6.68. The lowest BCUT2D eigenvalue weighted by Gasteiger charge is -2.08. The van der Waals surface area contributed by atoms with E-state index < -0.39 is 27.6 Å². The van der Waals surface area contributed by atoms with Gasteiger partial charge >= 0.3 is 0 Å². The summed E-state index contributed by atoms with van der Waals surface area (Å²) in [4.78, 5) is 11.8. The molecule has 1 amide bonds. The second kappa shape index (κ2) is 7.30. The van der Waals surface area contributed by atoms with Crippen molar-refractivity contribution in [1.29, 1.82) is 0 Å². The summed E-state index contributed by atoms with van der Waals surface area (Å²) in [7, 11) is -3.68. The molecular weight excluding hydrogens is 326 g/mol. The maximum absolute atomic E-state index is 13.0. The number of benzene rings is 2. The van der Waals surface area contributed by atoms with Crippen molar-refractivity contribution in [1.82, 2.24) is 4.72 Å². The molecule has 0 spiro atoms. The molecule has 0 atom stereocenters. The molecule has 5 nitrogen and oxygen atoms in total. The summed E-state index contributed by atoms with van der Waals surface area (Å²) in [5, 5.41) is 2.36. The molecule has 2 rings (SSSR count). The average molecular weight is 340 g/mol. The Labute approximate surface area is 132 Å². The second-order valence-electron chi connectivity index (χ2n) is 4.64. The Morgan fingerprint density at radius 2 is 1.70 bits per heavy atom. The predicted octanol–water partition coefficient (Wildman–Crippen LogP) is 2.27. The molecule has 122 valence electrons. The van der Waals surface area contributed by atoms with Crippen molar-refractivity contribution in [3.8, 4) is 0 Å². The van der Waals surface area contributed by atoms with Crippen molar-refractivity contribution in [2.45, 2.75) is 11.3 Å². The quantitative estimate of drug-likeness (QED) is 0.847. The fourth-order valence-corrected chi connectivity index (χ4v) is 2.83. The van der Waals surface area contributed by atoms with Crippen molar-refractivity contribution in [3.05, 3.63) is 60.2 Å². The highest BCUT2D eigenvalue weighted by Crippen LogP contribution is 2.13. The van der Waals surface area contributed by atoms with Crippen LogP contribution in [-0.4, -0.2) is 20.9 Å². The van der Waals surface area contributed by atoms with E-state index in [9.17, 15) is 22.0 Å². The lowest BCUT2D eigenvalue weighted by atomic mass is 10.3. The summed E-state index contributed by atoms with van der Waals surface area (Å²) in [5.74, 6) is -2.61. The first-order chi connectivity index (χ1) is 10.9. The molecule has 0 aromatic heterocycles.